The maximum Gasteiger partial charge on any atom is 0.221 e. The average molecular weight is 347 g/mol. The second-order valence-corrected chi connectivity index (χ2v) is 7.64. The first kappa shape index (κ1) is 18.7. The Kier molecular flexibility index (Phi) is 9.24. The highest BCUT2D eigenvalue weighted by atomic mass is 35.5. The van der Waals surface area contributed by atoms with Gasteiger partial charge in [-0.3, -0.25) is 4.79 Å². The van der Waals surface area contributed by atoms with E-state index in [1.807, 2.05) is 30.0 Å². The molecule has 1 amide bonds. The fourth-order valence-electron chi connectivity index (χ4n) is 2.08. The number of hydrogen-bond acceptors (Lipinski definition) is 4. The Labute approximate surface area is 141 Å². The number of halogens is 1. The molecule has 1 fully saturated rings. The summed E-state index contributed by atoms with van der Waals surface area (Å²) in [5.41, 5.74) is 0. The topological polar surface area (TPSA) is 41.1 Å². The molecule has 6 heteroatoms. The monoisotopic (exact) mass is 346 g/mol. The summed E-state index contributed by atoms with van der Waals surface area (Å²) in [7, 11) is 0. The van der Waals surface area contributed by atoms with Crippen LogP contribution in [0.15, 0.2) is 35.2 Å². The van der Waals surface area contributed by atoms with Crippen molar-refractivity contribution in [3.05, 3.63) is 30.3 Å². The number of carbonyl (C=O) groups excluding carboxylic acids is 1. The fourth-order valence-corrected chi connectivity index (χ4v) is 3.97. The molecule has 0 saturated carbocycles. The van der Waals surface area contributed by atoms with Crippen LogP contribution in [0, 0.1) is 0 Å². The maximum absolute atomic E-state index is 11.9. The van der Waals surface area contributed by atoms with Crippen molar-refractivity contribution in [1.29, 1.82) is 0 Å². The van der Waals surface area contributed by atoms with E-state index in [1.54, 1.807) is 11.8 Å². The molecule has 0 aromatic heterocycles. The highest BCUT2D eigenvalue weighted by molar-refractivity contribution is 8.00. The van der Waals surface area contributed by atoms with Crippen molar-refractivity contribution in [2.75, 3.05) is 24.6 Å². The van der Waals surface area contributed by atoms with Crippen LogP contribution in [0.3, 0.4) is 0 Å². The van der Waals surface area contributed by atoms with Gasteiger partial charge in [0.15, 0.2) is 0 Å². The summed E-state index contributed by atoms with van der Waals surface area (Å²) in [4.78, 5) is 13.1. The molecular formula is C15H23ClN2OS2. The van der Waals surface area contributed by atoms with Crippen LogP contribution >= 0.6 is 35.9 Å². The minimum atomic E-state index is 0. The van der Waals surface area contributed by atoms with Gasteiger partial charge >= 0.3 is 0 Å². The molecule has 0 radical (unpaired) electrons. The Morgan fingerprint density at radius 1 is 1.48 bits per heavy atom. The van der Waals surface area contributed by atoms with Crippen molar-refractivity contribution in [3.8, 4) is 0 Å². The summed E-state index contributed by atoms with van der Waals surface area (Å²) in [6.45, 7) is 3.88. The van der Waals surface area contributed by atoms with Gasteiger partial charge in [0.2, 0.25) is 5.91 Å². The smallest absolute Gasteiger partial charge is 0.221 e. The van der Waals surface area contributed by atoms with Gasteiger partial charge in [-0.2, -0.15) is 11.8 Å². The molecule has 21 heavy (non-hydrogen) atoms. The van der Waals surface area contributed by atoms with E-state index in [-0.39, 0.29) is 18.3 Å². The van der Waals surface area contributed by atoms with Crippen LogP contribution in [0.2, 0.25) is 0 Å². The summed E-state index contributed by atoms with van der Waals surface area (Å²) in [5.74, 6) is 2.36. The molecule has 0 spiro atoms. The van der Waals surface area contributed by atoms with Gasteiger partial charge in [0.05, 0.1) is 0 Å². The number of benzene rings is 1. The summed E-state index contributed by atoms with van der Waals surface area (Å²) < 4.78 is 0. The molecule has 1 aliphatic heterocycles. The zero-order chi connectivity index (χ0) is 14.2. The Hall–Kier alpha value is -0.360. The molecule has 1 heterocycles. The zero-order valence-corrected chi connectivity index (χ0v) is 14.7. The van der Waals surface area contributed by atoms with Crippen molar-refractivity contribution in [1.82, 2.24) is 10.6 Å². The molecule has 1 aliphatic rings. The normalized spacial score (nSPS) is 19.4. The lowest BCUT2D eigenvalue weighted by Crippen LogP contribution is -2.42. The van der Waals surface area contributed by atoms with E-state index in [0.29, 0.717) is 17.7 Å². The first-order chi connectivity index (χ1) is 9.74. The molecule has 3 nitrogen and oxygen atoms in total. The third-order valence-corrected chi connectivity index (χ3v) is 5.34. The van der Waals surface area contributed by atoms with Crippen molar-refractivity contribution >= 4 is 41.8 Å². The highest BCUT2D eigenvalue weighted by Crippen LogP contribution is 2.21. The lowest BCUT2D eigenvalue weighted by molar-refractivity contribution is -0.121. The van der Waals surface area contributed by atoms with Crippen LogP contribution in [0.4, 0.5) is 0 Å². The number of carbonyl (C=O) groups is 1. The molecule has 0 aliphatic carbocycles. The third kappa shape index (κ3) is 7.45. The molecule has 2 rings (SSSR count). The number of thioether (sulfide) groups is 2. The number of hydrogen-bond donors (Lipinski definition) is 2. The molecule has 2 atom stereocenters. The predicted octanol–water partition coefficient (Wildman–Crippen LogP) is 2.80. The maximum atomic E-state index is 11.9. The van der Waals surface area contributed by atoms with E-state index in [0.717, 1.165) is 24.6 Å². The molecule has 2 N–H and O–H groups in total. The summed E-state index contributed by atoms with van der Waals surface area (Å²) in [6.07, 6.45) is 0.593. The molecule has 1 saturated heterocycles. The first-order valence-electron chi connectivity index (χ1n) is 7.03. The fraction of sp³-hybridized carbons (Fsp3) is 0.533. The van der Waals surface area contributed by atoms with Crippen molar-refractivity contribution in [2.45, 2.75) is 29.5 Å². The largest absolute Gasteiger partial charge is 0.355 e. The summed E-state index contributed by atoms with van der Waals surface area (Å²) >= 11 is 3.72. The minimum Gasteiger partial charge on any atom is -0.355 e. The van der Waals surface area contributed by atoms with Crippen molar-refractivity contribution < 1.29 is 4.79 Å². The minimum absolute atomic E-state index is 0. The van der Waals surface area contributed by atoms with Crippen LogP contribution in [0.25, 0.3) is 0 Å². The average Bonchev–Trinajstić information content (AvgIpc) is 2.47. The van der Waals surface area contributed by atoms with E-state index < -0.39 is 0 Å². The SMILES string of the molecule is CC(CNC(=O)CC1CSCCN1)Sc1ccccc1.Cl. The van der Waals surface area contributed by atoms with Gasteiger partial charge in [-0.15, -0.1) is 24.2 Å². The van der Waals surface area contributed by atoms with E-state index in [9.17, 15) is 4.79 Å². The molecule has 1 aromatic carbocycles. The lowest BCUT2D eigenvalue weighted by atomic mass is 10.2. The first-order valence-corrected chi connectivity index (χ1v) is 9.07. The van der Waals surface area contributed by atoms with Gasteiger partial charge in [-0.05, 0) is 12.1 Å². The lowest BCUT2D eigenvalue weighted by Gasteiger charge is -2.22. The van der Waals surface area contributed by atoms with Crippen LogP contribution in [0.5, 0.6) is 0 Å². The summed E-state index contributed by atoms with van der Waals surface area (Å²) in [6, 6.07) is 10.6. The molecule has 118 valence electrons. The van der Waals surface area contributed by atoms with Crippen LogP contribution in [-0.4, -0.2) is 41.8 Å². The molecule has 2 unspecified atom stereocenters. The quantitative estimate of drug-likeness (QED) is 0.777. The van der Waals surface area contributed by atoms with Crippen LogP contribution in [0.1, 0.15) is 13.3 Å². The number of rotatable bonds is 6. The van der Waals surface area contributed by atoms with Crippen molar-refractivity contribution in [3.63, 3.8) is 0 Å². The number of amides is 1. The second-order valence-electron chi connectivity index (χ2n) is 4.98. The van der Waals surface area contributed by atoms with E-state index in [4.69, 9.17) is 0 Å². The molecule has 1 aromatic rings. The Morgan fingerprint density at radius 2 is 2.24 bits per heavy atom. The molecular weight excluding hydrogens is 324 g/mol. The Balaban J connectivity index is 0.00000220. The highest BCUT2D eigenvalue weighted by Gasteiger charge is 2.16. The van der Waals surface area contributed by atoms with Gasteiger partial charge in [0.1, 0.15) is 0 Å². The molecule has 0 bridgehead atoms. The van der Waals surface area contributed by atoms with Gasteiger partial charge in [-0.25, -0.2) is 0 Å². The van der Waals surface area contributed by atoms with E-state index in [1.165, 1.54) is 4.90 Å². The van der Waals surface area contributed by atoms with Gasteiger partial charge in [0.25, 0.3) is 0 Å². The second kappa shape index (κ2) is 10.4. The third-order valence-electron chi connectivity index (χ3n) is 3.10. The number of nitrogens with one attached hydrogen (secondary N) is 2. The standard InChI is InChI=1S/C15H22N2OS2.ClH/c1-12(20-14-5-3-2-4-6-14)10-17-15(18)9-13-11-19-8-7-16-13;/h2-6,12-13,16H,7-11H2,1H3,(H,17,18);1H. The zero-order valence-electron chi connectivity index (χ0n) is 12.2. The Bertz CT molecular complexity index is 413. The van der Waals surface area contributed by atoms with Gasteiger partial charge in [-0.1, -0.05) is 25.1 Å². The Morgan fingerprint density at radius 3 is 2.90 bits per heavy atom. The van der Waals surface area contributed by atoms with E-state index >= 15 is 0 Å². The van der Waals surface area contributed by atoms with Crippen molar-refractivity contribution in [2.24, 2.45) is 0 Å². The van der Waals surface area contributed by atoms with Crippen LogP contribution in [-0.2, 0) is 4.79 Å². The van der Waals surface area contributed by atoms with E-state index in [2.05, 4.69) is 29.7 Å². The summed E-state index contributed by atoms with van der Waals surface area (Å²) in [5, 5.41) is 6.82. The van der Waals surface area contributed by atoms with Crippen LogP contribution < -0.4 is 10.6 Å². The van der Waals surface area contributed by atoms with Gasteiger partial charge < -0.3 is 10.6 Å². The predicted molar refractivity (Wildman–Crippen MR) is 95.8 cm³/mol. The van der Waals surface area contributed by atoms with Gasteiger partial charge in [0, 0.05) is 47.2 Å².